The summed E-state index contributed by atoms with van der Waals surface area (Å²) in [6.45, 7) is 8.79. The monoisotopic (exact) mass is 333 g/mol. The summed E-state index contributed by atoms with van der Waals surface area (Å²) >= 11 is 0. The lowest BCUT2D eigenvalue weighted by atomic mass is 10.1. The van der Waals surface area contributed by atoms with Crippen LogP contribution in [0.15, 0.2) is 6.33 Å². The van der Waals surface area contributed by atoms with Gasteiger partial charge in [-0.1, -0.05) is 12.8 Å². The molecule has 0 aliphatic carbocycles. The summed E-state index contributed by atoms with van der Waals surface area (Å²) in [6, 6.07) is 0. The van der Waals surface area contributed by atoms with Crippen molar-refractivity contribution in [1.82, 2.24) is 24.8 Å². The molecule has 2 aliphatic rings. The molecule has 1 aromatic rings. The van der Waals surface area contributed by atoms with Gasteiger partial charge in [0.05, 0.1) is 0 Å². The van der Waals surface area contributed by atoms with Crippen LogP contribution in [0.25, 0.3) is 0 Å². The summed E-state index contributed by atoms with van der Waals surface area (Å²) in [5.74, 6) is 1.34. The van der Waals surface area contributed by atoms with E-state index in [4.69, 9.17) is 0 Å². The smallest absolute Gasteiger partial charge is 0.227 e. The molecule has 0 spiro atoms. The van der Waals surface area contributed by atoms with Crippen molar-refractivity contribution < 1.29 is 0 Å². The minimum atomic E-state index is 0.669. The van der Waals surface area contributed by atoms with E-state index in [1.807, 2.05) is 0 Å². The van der Waals surface area contributed by atoms with E-state index in [1.54, 1.807) is 6.33 Å². The van der Waals surface area contributed by atoms with Crippen LogP contribution in [0.4, 0.5) is 11.9 Å². The Labute approximate surface area is 145 Å². The van der Waals surface area contributed by atoms with Gasteiger partial charge < -0.3 is 20.4 Å². The third kappa shape index (κ3) is 5.87. The highest BCUT2D eigenvalue weighted by molar-refractivity contribution is 5.32. The first-order valence-corrected chi connectivity index (χ1v) is 9.52. The summed E-state index contributed by atoms with van der Waals surface area (Å²) in [4.78, 5) is 17.9. The summed E-state index contributed by atoms with van der Waals surface area (Å²) < 4.78 is 0. The Kier molecular flexibility index (Phi) is 7.04. The average molecular weight is 333 g/mol. The Balaban J connectivity index is 1.35. The summed E-state index contributed by atoms with van der Waals surface area (Å²) in [5, 5.41) is 6.64. The molecule has 1 aromatic heterocycles. The van der Waals surface area contributed by atoms with Crippen molar-refractivity contribution in [1.29, 1.82) is 0 Å². The Morgan fingerprint density at radius 3 is 1.62 bits per heavy atom. The van der Waals surface area contributed by atoms with Crippen LogP contribution < -0.4 is 10.6 Å². The van der Waals surface area contributed by atoms with Crippen molar-refractivity contribution in [2.24, 2.45) is 0 Å². The SMILES string of the molecule is c1nc(NCCN2CCCCC2)nc(NCCN2CCCCC2)n1. The Morgan fingerprint density at radius 1 is 0.708 bits per heavy atom. The van der Waals surface area contributed by atoms with Crippen LogP contribution in [-0.2, 0) is 0 Å². The maximum absolute atomic E-state index is 4.46. The number of hydrogen-bond acceptors (Lipinski definition) is 7. The normalized spacial score (nSPS) is 20.0. The molecule has 2 aliphatic heterocycles. The fraction of sp³-hybridized carbons (Fsp3) is 0.824. The van der Waals surface area contributed by atoms with Crippen molar-refractivity contribution in [3.63, 3.8) is 0 Å². The van der Waals surface area contributed by atoms with E-state index in [-0.39, 0.29) is 0 Å². The Hall–Kier alpha value is -1.47. The van der Waals surface area contributed by atoms with E-state index >= 15 is 0 Å². The van der Waals surface area contributed by atoms with Gasteiger partial charge in [0.1, 0.15) is 6.33 Å². The van der Waals surface area contributed by atoms with Crippen LogP contribution >= 0.6 is 0 Å². The number of anilines is 2. The van der Waals surface area contributed by atoms with Gasteiger partial charge >= 0.3 is 0 Å². The molecule has 0 amide bonds. The first-order chi connectivity index (χ1) is 11.9. The van der Waals surface area contributed by atoms with Crippen LogP contribution in [0.2, 0.25) is 0 Å². The zero-order valence-electron chi connectivity index (χ0n) is 14.7. The topological polar surface area (TPSA) is 69.2 Å². The lowest BCUT2D eigenvalue weighted by Crippen LogP contribution is -2.34. The molecule has 0 radical (unpaired) electrons. The highest BCUT2D eigenvalue weighted by Gasteiger charge is 2.10. The van der Waals surface area contributed by atoms with Gasteiger partial charge in [0.15, 0.2) is 0 Å². The Bertz CT molecular complexity index is 431. The highest BCUT2D eigenvalue weighted by Crippen LogP contribution is 2.09. The van der Waals surface area contributed by atoms with E-state index in [2.05, 4.69) is 35.4 Å². The average Bonchev–Trinajstić information content (AvgIpc) is 2.64. The second kappa shape index (κ2) is 9.74. The zero-order chi connectivity index (χ0) is 16.5. The third-order valence-electron chi connectivity index (χ3n) is 4.89. The molecule has 7 heteroatoms. The molecule has 3 rings (SSSR count). The predicted octanol–water partition coefficient (Wildman–Crippen LogP) is 1.67. The maximum atomic E-state index is 4.46. The highest BCUT2D eigenvalue weighted by atomic mass is 15.2. The molecule has 0 saturated carbocycles. The van der Waals surface area contributed by atoms with Gasteiger partial charge in [0.2, 0.25) is 11.9 Å². The minimum Gasteiger partial charge on any atom is -0.353 e. The van der Waals surface area contributed by atoms with Crippen LogP contribution in [0, 0.1) is 0 Å². The van der Waals surface area contributed by atoms with Crippen LogP contribution in [0.3, 0.4) is 0 Å². The standard InChI is InChI=1S/C17H31N7/c1-3-9-23(10-4-1)13-7-18-16-20-15-21-17(22-16)19-8-14-24-11-5-2-6-12-24/h15H,1-14H2,(H2,18,19,20,21,22). The number of nitrogens with zero attached hydrogens (tertiary/aromatic N) is 5. The number of nitrogens with one attached hydrogen (secondary N) is 2. The molecule has 2 N–H and O–H groups in total. The van der Waals surface area contributed by atoms with Gasteiger partial charge in [0, 0.05) is 26.2 Å². The number of aromatic nitrogens is 3. The summed E-state index contributed by atoms with van der Waals surface area (Å²) in [6.07, 6.45) is 9.66. The number of hydrogen-bond donors (Lipinski definition) is 2. The van der Waals surface area contributed by atoms with Crippen molar-refractivity contribution in [2.45, 2.75) is 38.5 Å². The number of likely N-dealkylation sites (tertiary alicyclic amines) is 2. The lowest BCUT2D eigenvalue weighted by Gasteiger charge is -2.26. The first-order valence-electron chi connectivity index (χ1n) is 9.52. The molecule has 0 atom stereocenters. The van der Waals surface area contributed by atoms with Gasteiger partial charge in [-0.2, -0.15) is 4.98 Å². The lowest BCUT2D eigenvalue weighted by molar-refractivity contribution is 0.237. The third-order valence-corrected chi connectivity index (χ3v) is 4.89. The molecule has 7 nitrogen and oxygen atoms in total. The van der Waals surface area contributed by atoms with Crippen molar-refractivity contribution in [3.05, 3.63) is 6.33 Å². The quantitative estimate of drug-likeness (QED) is 0.750. The fourth-order valence-corrected chi connectivity index (χ4v) is 3.48. The van der Waals surface area contributed by atoms with E-state index < -0.39 is 0 Å². The van der Waals surface area contributed by atoms with E-state index in [0.717, 1.165) is 26.2 Å². The van der Waals surface area contributed by atoms with Crippen molar-refractivity contribution in [3.8, 4) is 0 Å². The van der Waals surface area contributed by atoms with E-state index in [1.165, 1.54) is 64.7 Å². The molecule has 24 heavy (non-hydrogen) atoms. The minimum absolute atomic E-state index is 0.669. The molecule has 0 unspecified atom stereocenters. The van der Waals surface area contributed by atoms with Gasteiger partial charge in [0.25, 0.3) is 0 Å². The van der Waals surface area contributed by atoms with Gasteiger partial charge in [-0.3, -0.25) is 0 Å². The Morgan fingerprint density at radius 2 is 1.17 bits per heavy atom. The van der Waals surface area contributed by atoms with Crippen LogP contribution in [-0.4, -0.2) is 77.1 Å². The molecule has 3 heterocycles. The molecule has 2 fully saturated rings. The number of rotatable bonds is 8. The van der Waals surface area contributed by atoms with Crippen LogP contribution in [0.1, 0.15) is 38.5 Å². The maximum Gasteiger partial charge on any atom is 0.227 e. The largest absolute Gasteiger partial charge is 0.353 e. The van der Waals surface area contributed by atoms with Gasteiger partial charge in [-0.05, 0) is 51.9 Å². The van der Waals surface area contributed by atoms with Gasteiger partial charge in [-0.15, -0.1) is 0 Å². The molecular formula is C17H31N7. The second-order valence-corrected chi connectivity index (χ2v) is 6.79. The van der Waals surface area contributed by atoms with Crippen LogP contribution in [0.5, 0.6) is 0 Å². The fourth-order valence-electron chi connectivity index (χ4n) is 3.48. The number of piperidine rings is 2. The first kappa shape index (κ1) is 17.4. The van der Waals surface area contributed by atoms with E-state index in [0.29, 0.717) is 11.9 Å². The summed E-state index contributed by atoms with van der Waals surface area (Å²) in [7, 11) is 0. The molecule has 0 bridgehead atoms. The van der Waals surface area contributed by atoms with Crippen molar-refractivity contribution in [2.75, 3.05) is 63.0 Å². The predicted molar refractivity (Wildman–Crippen MR) is 97.4 cm³/mol. The molecule has 0 aromatic carbocycles. The second-order valence-electron chi connectivity index (χ2n) is 6.79. The molecule has 134 valence electrons. The summed E-state index contributed by atoms with van der Waals surface area (Å²) in [5.41, 5.74) is 0. The van der Waals surface area contributed by atoms with Gasteiger partial charge in [-0.25, -0.2) is 9.97 Å². The van der Waals surface area contributed by atoms with E-state index in [9.17, 15) is 0 Å². The molecular weight excluding hydrogens is 302 g/mol. The molecule has 2 saturated heterocycles. The van der Waals surface area contributed by atoms with Crippen molar-refractivity contribution >= 4 is 11.9 Å². The zero-order valence-corrected chi connectivity index (χ0v) is 14.7.